The van der Waals surface area contributed by atoms with Gasteiger partial charge in [0.05, 0.1) is 10.2 Å². The van der Waals surface area contributed by atoms with Crippen LogP contribution < -0.4 is 10.5 Å². The normalized spacial score (nSPS) is 10.4. The van der Waals surface area contributed by atoms with Gasteiger partial charge >= 0.3 is 0 Å². The summed E-state index contributed by atoms with van der Waals surface area (Å²) >= 11 is 3.46. The monoisotopic (exact) mass is 306 g/mol. The molecule has 0 fully saturated rings. The molecule has 2 aromatic rings. The minimum absolute atomic E-state index is 0.533. The van der Waals surface area contributed by atoms with Crippen molar-refractivity contribution in [3.63, 3.8) is 0 Å². The average molecular weight is 307 g/mol. The number of halogens is 1. The highest BCUT2D eigenvalue weighted by atomic mass is 79.9. The second-order valence-corrected chi connectivity index (χ2v) is 4.87. The maximum atomic E-state index is 5.96. The molecule has 0 radical (unpaired) electrons. The Kier molecular flexibility index (Phi) is 3.87. The Bertz CT molecular complexity index is 570. The van der Waals surface area contributed by atoms with E-state index in [4.69, 9.17) is 10.5 Å². The third-order valence-electron chi connectivity index (χ3n) is 2.74. The number of nitrogens with two attached hydrogens (primary N) is 1. The van der Waals surface area contributed by atoms with Crippen molar-refractivity contribution in [2.75, 3.05) is 5.73 Å². The van der Waals surface area contributed by atoms with Crippen LogP contribution in [-0.2, 0) is 6.42 Å². The van der Waals surface area contributed by atoms with Crippen LogP contribution >= 0.6 is 15.9 Å². The van der Waals surface area contributed by atoms with E-state index in [1.54, 1.807) is 6.20 Å². The van der Waals surface area contributed by atoms with Gasteiger partial charge in [-0.15, -0.1) is 0 Å². The second kappa shape index (κ2) is 5.40. The third kappa shape index (κ3) is 2.64. The maximum Gasteiger partial charge on any atom is 0.233 e. The number of benzene rings is 1. The molecule has 0 saturated heterocycles. The highest BCUT2D eigenvalue weighted by Gasteiger charge is 2.09. The molecule has 1 heterocycles. The maximum absolute atomic E-state index is 5.96. The number of ether oxygens (including phenoxy) is 1. The summed E-state index contributed by atoms with van der Waals surface area (Å²) < 4.78 is 6.59. The number of hydrogen-bond donors (Lipinski definition) is 1. The van der Waals surface area contributed by atoms with Gasteiger partial charge in [0.15, 0.2) is 5.75 Å². The van der Waals surface area contributed by atoms with Gasteiger partial charge in [0.25, 0.3) is 0 Å². The van der Waals surface area contributed by atoms with Gasteiger partial charge < -0.3 is 10.5 Å². The molecule has 0 aliphatic rings. The van der Waals surface area contributed by atoms with Crippen LogP contribution in [0.3, 0.4) is 0 Å². The molecule has 0 unspecified atom stereocenters. The SMILES string of the molecule is CCc1ccc(Oc2nccc(C)c2Br)c(N)c1. The van der Waals surface area contributed by atoms with Gasteiger partial charge in [-0.2, -0.15) is 0 Å². The number of pyridine rings is 1. The third-order valence-corrected chi connectivity index (χ3v) is 3.70. The van der Waals surface area contributed by atoms with Gasteiger partial charge in [-0.3, -0.25) is 0 Å². The first-order valence-corrected chi connectivity index (χ1v) is 6.58. The minimum atomic E-state index is 0.533. The highest BCUT2D eigenvalue weighted by molar-refractivity contribution is 9.10. The summed E-state index contributed by atoms with van der Waals surface area (Å²) in [7, 11) is 0. The topological polar surface area (TPSA) is 48.1 Å². The molecule has 0 atom stereocenters. The molecule has 0 aliphatic carbocycles. The van der Waals surface area contributed by atoms with Gasteiger partial charge in [0, 0.05) is 6.20 Å². The van der Waals surface area contributed by atoms with Gasteiger partial charge in [-0.25, -0.2) is 4.98 Å². The van der Waals surface area contributed by atoms with Crippen LogP contribution in [0.2, 0.25) is 0 Å². The molecule has 1 aromatic carbocycles. The highest BCUT2D eigenvalue weighted by Crippen LogP contribution is 2.32. The Morgan fingerprint density at radius 1 is 1.33 bits per heavy atom. The molecule has 18 heavy (non-hydrogen) atoms. The predicted molar refractivity (Wildman–Crippen MR) is 77.0 cm³/mol. The summed E-state index contributed by atoms with van der Waals surface area (Å²) in [6.07, 6.45) is 2.67. The molecule has 0 saturated carbocycles. The molecule has 0 amide bonds. The van der Waals surface area contributed by atoms with Crippen molar-refractivity contribution in [2.24, 2.45) is 0 Å². The Morgan fingerprint density at radius 2 is 2.11 bits per heavy atom. The lowest BCUT2D eigenvalue weighted by Gasteiger charge is -2.10. The summed E-state index contributed by atoms with van der Waals surface area (Å²) in [5.74, 6) is 1.16. The standard InChI is InChI=1S/C14H15BrN2O/c1-3-10-4-5-12(11(16)8-10)18-14-13(15)9(2)6-7-17-14/h4-8H,3,16H2,1-2H3. The quantitative estimate of drug-likeness (QED) is 0.869. The van der Waals surface area contributed by atoms with E-state index in [9.17, 15) is 0 Å². The zero-order valence-electron chi connectivity index (χ0n) is 10.4. The molecule has 0 spiro atoms. The van der Waals surface area contributed by atoms with Crippen molar-refractivity contribution >= 4 is 21.6 Å². The predicted octanol–water partition coefficient (Wildman–Crippen LogP) is 4.09. The van der Waals surface area contributed by atoms with Crippen molar-refractivity contribution in [2.45, 2.75) is 20.3 Å². The van der Waals surface area contributed by atoms with Crippen LogP contribution in [0.5, 0.6) is 11.6 Å². The number of hydrogen-bond acceptors (Lipinski definition) is 3. The van der Waals surface area contributed by atoms with E-state index in [1.807, 2.05) is 31.2 Å². The number of rotatable bonds is 3. The summed E-state index contributed by atoms with van der Waals surface area (Å²) in [6.45, 7) is 4.08. The number of aryl methyl sites for hydroxylation is 2. The number of nitrogen functional groups attached to an aromatic ring is 1. The van der Waals surface area contributed by atoms with Crippen molar-refractivity contribution in [3.8, 4) is 11.6 Å². The largest absolute Gasteiger partial charge is 0.436 e. The molecule has 94 valence electrons. The first-order valence-electron chi connectivity index (χ1n) is 5.79. The van der Waals surface area contributed by atoms with E-state index < -0.39 is 0 Å². The Hall–Kier alpha value is -1.55. The fourth-order valence-electron chi connectivity index (χ4n) is 1.60. The molecule has 1 aromatic heterocycles. The summed E-state index contributed by atoms with van der Waals surface area (Å²) in [5.41, 5.74) is 8.86. The number of nitrogens with zero attached hydrogens (tertiary/aromatic N) is 1. The molecular formula is C14H15BrN2O. The first kappa shape index (κ1) is 12.9. The fourth-order valence-corrected chi connectivity index (χ4v) is 1.92. The fraction of sp³-hybridized carbons (Fsp3) is 0.214. The summed E-state index contributed by atoms with van der Waals surface area (Å²) in [5, 5.41) is 0. The Labute approximate surface area is 115 Å². The van der Waals surface area contributed by atoms with E-state index in [-0.39, 0.29) is 0 Å². The minimum Gasteiger partial charge on any atom is -0.436 e. The number of anilines is 1. The molecule has 4 heteroatoms. The van der Waals surface area contributed by atoms with Crippen molar-refractivity contribution in [1.82, 2.24) is 4.98 Å². The molecule has 2 N–H and O–H groups in total. The lowest BCUT2D eigenvalue weighted by Crippen LogP contribution is -1.96. The van der Waals surface area contributed by atoms with Crippen molar-refractivity contribution in [1.29, 1.82) is 0 Å². The molecule has 3 nitrogen and oxygen atoms in total. The van der Waals surface area contributed by atoms with Crippen molar-refractivity contribution < 1.29 is 4.74 Å². The second-order valence-electron chi connectivity index (χ2n) is 4.07. The van der Waals surface area contributed by atoms with Gasteiger partial charge in [0.2, 0.25) is 5.88 Å². The van der Waals surface area contributed by atoms with Gasteiger partial charge in [-0.1, -0.05) is 13.0 Å². The average Bonchev–Trinajstić information content (AvgIpc) is 2.37. The van der Waals surface area contributed by atoms with E-state index in [0.717, 1.165) is 16.5 Å². The number of aromatic nitrogens is 1. The van der Waals surface area contributed by atoms with Crippen LogP contribution in [-0.4, -0.2) is 4.98 Å². The van der Waals surface area contributed by atoms with Gasteiger partial charge in [0.1, 0.15) is 0 Å². The Morgan fingerprint density at radius 3 is 2.78 bits per heavy atom. The zero-order chi connectivity index (χ0) is 13.1. The summed E-state index contributed by atoms with van der Waals surface area (Å²) in [4.78, 5) is 4.19. The zero-order valence-corrected chi connectivity index (χ0v) is 12.0. The molecule has 0 bridgehead atoms. The van der Waals surface area contributed by atoms with Crippen LogP contribution in [0.25, 0.3) is 0 Å². The first-order chi connectivity index (χ1) is 8.61. The van der Waals surface area contributed by atoms with Gasteiger partial charge in [-0.05, 0) is 58.6 Å². The van der Waals surface area contributed by atoms with E-state index in [1.165, 1.54) is 5.56 Å². The van der Waals surface area contributed by atoms with Crippen LogP contribution in [0.4, 0.5) is 5.69 Å². The Balaban J connectivity index is 2.31. The van der Waals surface area contributed by atoms with E-state index in [0.29, 0.717) is 17.3 Å². The molecular weight excluding hydrogens is 292 g/mol. The van der Waals surface area contributed by atoms with E-state index in [2.05, 4.69) is 27.8 Å². The smallest absolute Gasteiger partial charge is 0.233 e. The summed E-state index contributed by atoms with van der Waals surface area (Å²) in [6, 6.07) is 7.74. The lowest BCUT2D eigenvalue weighted by atomic mass is 10.1. The van der Waals surface area contributed by atoms with Crippen LogP contribution in [0.1, 0.15) is 18.1 Å². The molecule has 2 rings (SSSR count). The lowest BCUT2D eigenvalue weighted by molar-refractivity contribution is 0.461. The van der Waals surface area contributed by atoms with Crippen LogP contribution in [0.15, 0.2) is 34.9 Å². The van der Waals surface area contributed by atoms with Crippen LogP contribution in [0, 0.1) is 6.92 Å². The van der Waals surface area contributed by atoms with Crippen molar-refractivity contribution in [3.05, 3.63) is 46.1 Å². The van der Waals surface area contributed by atoms with E-state index >= 15 is 0 Å². The molecule has 0 aliphatic heterocycles.